The average molecular weight is 1310 g/mol. The van der Waals surface area contributed by atoms with Crippen molar-refractivity contribution in [1.82, 2.24) is 0 Å². The molecule has 0 saturated carbocycles. The third-order valence-electron chi connectivity index (χ3n) is 16.6. The van der Waals surface area contributed by atoms with Crippen LogP contribution >= 0.6 is 15.6 Å². The minimum Gasteiger partial charge on any atom is -0.462 e. The molecule has 3 N–H and O–H groups in total. The second-order valence-electron chi connectivity index (χ2n) is 26.0. The summed E-state index contributed by atoms with van der Waals surface area (Å²) in [5.74, 6) is -0.598. The molecule has 0 fully saturated rings. The van der Waals surface area contributed by atoms with Crippen LogP contribution in [0.3, 0.4) is 0 Å². The number of rotatable bonds is 69. The summed E-state index contributed by atoms with van der Waals surface area (Å²) in [7, 11) is -9.90. The minimum absolute atomic E-state index is 0.103. The molecule has 0 aliphatic carbocycles. The first-order valence-corrected chi connectivity index (χ1v) is 39.5. The lowest BCUT2D eigenvalue weighted by Crippen LogP contribution is -2.30. The van der Waals surface area contributed by atoms with E-state index in [1.165, 1.54) is 173 Å². The molecule has 0 saturated heterocycles. The fourth-order valence-corrected chi connectivity index (χ4v) is 12.1. The van der Waals surface area contributed by atoms with Crippen molar-refractivity contribution in [2.45, 2.75) is 374 Å². The second-order valence-corrected chi connectivity index (χ2v) is 28.9. The predicted molar refractivity (Wildman–Crippen MR) is 358 cm³/mol. The summed E-state index contributed by atoms with van der Waals surface area (Å²) in [6.45, 7) is 9.51. The van der Waals surface area contributed by atoms with E-state index in [0.717, 1.165) is 102 Å². The van der Waals surface area contributed by atoms with Crippen LogP contribution in [0.4, 0.5) is 0 Å². The maximum atomic E-state index is 13.0. The van der Waals surface area contributed by atoms with Crippen LogP contribution in [0.5, 0.6) is 0 Å². The molecule has 0 heterocycles. The monoisotopic (exact) mass is 1310 g/mol. The topological polar surface area (TPSA) is 237 Å². The van der Waals surface area contributed by atoms with E-state index in [0.29, 0.717) is 25.7 Å². The highest BCUT2D eigenvalue weighted by atomic mass is 31.2. The Kier molecular flexibility index (Phi) is 60.8. The molecule has 0 aliphatic heterocycles. The van der Waals surface area contributed by atoms with Crippen molar-refractivity contribution < 1.29 is 80.2 Å². The summed E-state index contributed by atoms with van der Waals surface area (Å²) in [6.07, 6.45) is 47.2. The first-order valence-electron chi connectivity index (χ1n) is 36.5. The number of ether oxygens (including phenoxy) is 4. The van der Waals surface area contributed by atoms with Crippen LogP contribution in [0, 0.1) is 11.8 Å². The smallest absolute Gasteiger partial charge is 0.462 e. The van der Waals surface area contributed by atoms with Crippen molar-refractivity contribution in [1.29, 1.82) is 0 Å². The quantitative estimate of drug-likeness (QED) is 0.0222. The van der Waals surface area contributed by atoms with Gasteiger partial charge < -0.3 is 33.8 Å². The third-order valence-corrected chi connectivity index (χ3v) is 18.5. The largest absolute Gasteiger partial charge is 0.472 e. The summed E-state index contributed by atoms with van der Waals surface area (Å²) in [5, 5.41) is 10.6. The van der Waals surface area contributed by atoms with Gasteiger partial charge in [-0.05, 0) is 37.5 Å². The van der Waals surface area contributed by atoms with E-state index in [1.54, 1.807) is 0 Å². The first kappa shape index (κ1) is 87.1. The molecule has 0 bridgehead atoms. The summed E-state index contributed by atoms with van der Waals surface area (Å²) >= 11 is 0. The van der Waals surface area contributed by atoms with Crippen molar-refractivity contribution >= 4 is 39.5 Å². The zero-order chi connectivity index (χ0) is 65.7. The normalized spacial score (nSPS) is 14.4. The van der Waals surface area contributed by atoms with Gasteiger partial charge in [0.15, 0.2) is 12.2 Å². The Hall–Kier alpha value is -1.94. The zero-order valence-corrected chi connectivity index (χ0v) is 59.5. The van der Waals surface area contributed by atoms with Crippen molar-refractivity contribution in [2.75, 3.05) is 39.6 Å². The Labute approximate surface area is 543 Å². The van der Waals surface area contributed by atoms with Crippen LogP contribution in [0.1, 0.15) is 356 Å². The lowest BCUT2D eigenvalue weighted by atomic mass is 10.00. The summed E-state index contributed by atoms with van der Waals surface area (Å²) in [5.41, 5.74) is 0. The van der Waals surface area contributed by atoms with Crippen LogP contribution < -0.4 is 0 Å². The fraction of sp³-hybridized carbons (Fsp3) is 0.943. The van der Waals surface area contributed by atoms with E-state index in [2.05, 4.69) is 41.5 Å². The number of hydrogen-bond acceptors (Lipinski definition) is 15. The van der Waals surface area contributed by atoms with E-state index in [9.17, 15) is 43.2 Å². The van der Waals surface area contributed by atoms with Crippen molar-refractivity contribution in [3.8, 4) is 0 Å². The molecular formula is C70H136O17P2. The lowest BCUT2D eigenvalue weighted by Gasteiger charge is -2.21. The van der Waals surface area contributed by atoms with Gasteiger partial charge in [0.1, 0.15) is 19.3 Å². The van der Waals surface area contributed by atoms with E-state index in [4.69, 9.17) is 37.0 Å². The van der Waals surface area contributed by atoms with Gasteiger partial charge in [-0.15, -0.1) is 0 Å². The molecule has 0 radical (unpaired) electrons. The summed E-state index contributed by atoms with van der Waals surface area (Å²) in [4.78, 5) is 72.4. The number of carbonyl (C=O) groups excluding carboxylic acids is 4. The average Bonchev–Trinajstić information content (AvgIpc) is 3.71. The van der Waals surface area contributed by atoms with Gasteiger partial charge in [0, 0.05) is 25.7 Å². The van der Waals surface area contributed by atoms with Gasteiger partial charge in [0.05, 0.1) is 26.4 Å². The van der Waals surface area contributed by atoms with Crippen molar-refractivity contribution in [2.24, 2.45) is 11.8 Å². The number of esters is 4. The molecule has 0 aromatic carbocycles. The molecule has 0 rings (SSSR count). The van der Waals surface area contributed by atoms with Gasteiger partial charge in [-0.1, -0.05) is 305 Å². The van der Waals surface area contributed by atoms with Crippen molar-refractivity contribution in [3.63, 3.8) is 0 Å². The molecule has 0 aromatic rings. The van der Waals surface area contributed by atoms with Crippen LogP contribution in [0.15, 0.2) is 0 Å². The SMILES string of the molecule is CCCCCCCCCCCCCC(=O)OC[C@H](COP(=O)(O)OC[C@@H](O)COP(=O)(O)OC[C@@H](COC(=O)CCCCCCCCCCC)OC(=O)CCCCCCCCC(C)CC)OC(=O)CCCCCCCCCCCCCCCCCCC(C)C. The van der Waals surface area contributed by atoms with Gasteiger partial charge in [0.25, 0.3) is 0 Å². The van der Waals surface area contributed by atoms with Crippen LogP contribution in [-0.2, 0) is 65.4 Å². The Bertz CT molecular complexity index is 1740. The Morgan fingerprint density at radius 1 is 0.326 bits per heavy atom. The predicted octanol–water partition coefficient (Wildman–Crippen LogP) is 20.0. The maximum Gasteiger partial charge on any atom is 0.472 e. The summed E-state index contributed by atoms with van der Waals surface area (Å²) < 4.78 is 68.2. The van der Waals surface area contributed by atoms with Gasteiger partial charge in [-0.2, -0.15) is 0 Å². The standard InChI is InChI=1S/C70H136O17P2/c1-7-10-12-14-16-18-25-30-34-41-47-53-68(73)81-58-65(86-69(74)54-48-42-35-31-27-24-22-20-19-21-23-26-29-32-38-44-50-62(4)5)60-84-88(76,77)82-56-64(71)57-83-89(78,79)85-61-66(59-80-67(72)52-46-40-33-28-17-15-13-11-8-2)87-70(75)55-49-43-37-36-39-45-51-63(6)9-3/h62-66,71H,7-61H2,1-6H3,(H,76,77)(H,78,79)/t63?,64-,65-,66-/m1/s1. The number of phosphoric ester groups is 2. The molecule has 528 valence electrons. The zero-order valence-electron chi connectivity index (χ0n) is 57.7. The lowest BCUT2D eigenvalue weighted by molar-refractivity contribution is -0.161. The Morgan fingerprint density at radius 2 is 0.573 bits per heavy atom. The Balaban J connectivity index is 5.19. The number of aliphatic hydroxyl groups excluding tert-OH is 1. The first-order chi connectivity index (χ1) is 42.9. The number of aliphatic hydroxyl groups is 1. The van der Waals surface area contributed by atoms with E-state index >= 15 is 0 Å². The molecule has 6 atom stereocenters. The van der Waals surface area contributed by atoms with E-state index in [-0.39, 0.29) is 25.7 Å². The number of unbranched alkanes of at least 4 members (excludes halogenated alkanes) is 38. The van der Waals surface area contributed by atoms with Crippen LogP contribution in [0.25, 0.3) is 0 Å². The third kappa shape index (κ3) is 63.2. The highest BCUT2D eigenvalue weighted by Gasteiger charge is 2.30. The van der Waals surface area contributed by atoms with E-state index in [1.807, 2.05) is 0 Å². The highest BCUT2D eigenvalue weighted by molar-refractivity contribution is 7.47. The molecule has 3 unspecified atom stereocenters. The molecule has 0 aliphatic rings. The number of hydrogen-bond donors (Lipinski definition) is 3. The molecule has 0 spiro atoms. The van der Waals surface area contributed by atoms with Gasteiger partial charge in [0.2, 0.25) is 0 Å². The van der Waals surface area contributed by atoms with Crippen LogP contribution in [0.2, 0.25) is 0 Å². The minimum atomic E-state index is -4.95. The number of carbonyl (C=O) groups is 4. The van der Waals surface area contributed by atoms with Gasteiger partial charge >= 0.3 is 39.5 Å². The summed E-state index contributed by atoms with van der Waals surface area (Å²) in [6, 6.07) is 0. The Morgan fingerprint density at radius 3 is 0.854 bits per heavy atom. The maximum absolute atomic E-state index is 13.0. The van der Waals surface area contributed by atoms with Crippen molar-refractivity contribution in [3.05, 3.63) is 0 Å². The molecule has 0 aromatic heterocycles. The fourth-order valence-electron chi connectivity index (χ4n) is 10.6. The molecule has 89 heavy (non-hydrogen) atoms. The van der Waals surface area contributed by atoms with Gasteiger partial charge in [-0.3, -0.25) is 37.3 Å². The number of phosphoric acid groups is 2. The van der Waals surface area contributed by atoms with E-state index < -0.39 is 97.5 Å². The van der Waals surface area contributed by atoms with Gasteiger partial charge in [-0.25, -0.2) is 9.13 Å². The molecule has 17 nitrogen and oxygen atoms in total. The second kappa shape index (κ2) is 62.2. The molecule has 19 heteroatoms. The molecule has 0 amide bonds. The molecular weight excluding hydrogens is 1170 g/mol. The van der Waals surface area contributed by atoms with Crippen LogP contribution in [-0.4, -0.2) is 96.7 Å². The highest BCUT2D eigenvalue weighted by Crippen LogP contribution is 2.45.